The van der Waals surface area contributed by atoms with Crippen molar-refractivity contribution >= 4 is 21.6 Å². The molecule has 0 aliphatic rings. The van der Waals surface area contributed by atoms with Gasteiger partial charge in [-0.15, -0.1) is 0 Å². The fraction of sp³-hybridized carbons (Fsp3) is 0.455. The van der Waals surface area contributed by atoms with Crippen LogP contribution >= 0.6 is 11.6 Å². The first kappa shape index (κ1) is 15.4. The van der Waals surface area contributed by atoms with Crippen LogP contribution in [-0.2, 0) is 10.0 Å². The lowest BCUT2D eigenvalue weighted by molar-refractivity contribution is 0.167. The van der Waals surface area contributed by atoms with Gasteiger partial charge in [0.15, 0.2) is 0 Å². The summed E-state index contributed by atoms with van der Waals surface area (Å²) in [5.74, 6) is -0.607. The monoisotopic (exact) mass is 295 g/mol. The number of benzene rings is 1. The summed E-state index contributed by atoms with van der Waals surface area (Å²) in [4.78, 5) is -0.200. The molecule has 0 saturated carbocycles. The number of halogens is 2. The van der Waals surface area contributed by atoms with E-state index in [0.717, 1.165) is 24.6 Å². The highest BCUT2D eigenvalue weighted by molar-refractivity contribution is 7.89. The Hall–Kier alpha value is -0.690. The van der Waals surface area contributed by atoms with Crippen molar-refractivity contribution in [1.82, 2.24) is 4.72 Å². The third kappa shape index (κ3) is 4.20. The summed E-state index contributed by atoms with van der Waals surface area (Å²) in [5, 5.41) is 9.27. The molecule has 0 fully saturated rings. The predicted molar refractivity (Wildman–Crippen MR) is 67.5 cm³/mol. The summed E-state index contributed by atoms with van der Waals surface area (Å²) >= 11 is 5.67. The van der Waals surface area contributed by atoms with E-state index in [-0.39, 0.29) is 16.5 Å². The lowest BCUT2D eigenvalue weighted by atomic mass is 10.2. The largest absolute Gasteiger partial charge is 0.392 e. The minimum Gasteiger partial charge on any atom is -0.392 e. The SMILES string of the molecule is CCCC(O)CNS(=O)(=O)c1ccc(F)cc1Cl. The highest BCUT2D eigenvalue weighted by Gasteiger charge is 2.19. The maximum Gasteiger partial charge on any atom is 0.242 e. The maximum atomic E-state index is 12.8. The molecule has 4 nitrogen and oxygen atoms in total. The molecule has 1 atom stereocenters. The zero-order valence-electron chi connectivity index (χ0n) is 9.86. The fourth-order valence-electron chi connectivity index (χ4n) is 1.41. The van der Waals surface area contributed by atoms with Gasteiger partial charge in [-0.2, -0.15) is 0 Å². The Morgan fingerprint density at radius 2 is 2.17 bits per heavy atom. The number of nitrogens with one attached hydrogen (secondary N) is 1. The molecule has 1 aromatic rings. The topological polar surface area (TPSA) is 66.4 Å². The first-order valence-electron chi connectivity index (χ1n) is 5.49. The van der Waals surface area contributed by atoms with Gasteiger partial charge in [-0.1, -0.05) is 24.9 Å². The average molecular weight is 296 g/mol. The third-order valence-corrected chi connectivity index (χ3v) is 4.22. The van der Waals surface area contributed by atoms with Crippen molar-refractivity contribution < 1.29 is 17.9 Å². The van der Waals surface area contributed by atoms with Crippen LogP contribution < -0.4 is 4.72 Å². The average Bonchev–Trinajstić information content (AvgIpc) is 2.26. The molecule has 0 aliphatic heterocycles. The molecule has 1 aromatic carbocycles. The van der Waals surface area contributed by atoms with Gasteiger partial charge in [0.1, 0.15) is 10.7 Å². The number of hydrogen-bond acceptors (Lipinski definition) is 3. The Balaban J connectivity index is 2.80. The minimum absolute atomic E-state index is 0.0934. The molecule has 0 spiro atoms. The minimum atomic E-state index is -3.83. The Kier molecular flexibility index (Phi) is 5.52. The molecule has 2 N–H and O–H groups in total. The van der Waals surface area contributed by atoms with E-state index in [1.807, 2.05) is 6.92 Å². The van der Waals surface area contributed by atoms with Crippen molar-refractivity contribution in [3.8, 4) is 0 Å². The maximum absolute atomic E-state index is 12.8. The van der Waals surface area contributed by atoms with Crippen molar-refractivity contribution in [3.63, 3.8) is 0 Å². The molecule has 0 aromatic heterocycles. The molecule has 0 saturated heterocycles. The van der Waals surface area contributed by atoms with Crippen molar-refractivity contribution in [2.24, 2.45) is 0 Å². The van der Waals surface area contributed by atoms with Crippen LogP contribution in [-0.4, -0.2) is 26.2 Å². The van der Waals surface area contributed by atoms with Gasteiger partial charge < -0.3 is 5.11 Å². The highest BCUT2D eigenvalue weighted by Crippen LogP contribution is 2.21. The number of rotatable bonds is 6. The zero-order valence-corrected chi connectivity index (χ0v) is 11.4. The van der Waals surface area contributed by atoms with Crippen LogP contribution in [0.3, 0.4) is 0 Å². The smallest absolute Gasteiger partial charge is 0.242 e. The quantitative estimate of drug-likeness (QED) is 0.842. The van der Waals surface area contributed by atoms with Gasteiger partial charge in [0.05, 0.1) is 11.1 Å². The van der Waals surface area contributed by atoms with Gasteiger partial charge in [-0.3, -0.25) is 0 Å². The van der Waals surface area contributed by atoms with Crippen LogP contribution in [0.4, 0.5) is 4.39 Å². The van der Waals surface area contributed by atoms with Crippen molar-refractivity contribution in [3.05, 3.63) is 29.0 Å². The third-order valence-electron chi connectivity index (χ3n) is 2.31. The van der Waals surface area contributed by atoms with E-state index in [1.54, 1.807) is 0 Å². The highest BCUT2D eigenvalue weighted by atomic mass is 35.5. The van der Waals surface area contributed by atoms with Gasteiger partial charge >= 0.3 is 0 Å². The summed E-state index contributed by atoms with van der Waals surface area (Å²) in [6.45, 7) is 1.79. The summed E-state index contributed by atoms with van der Waals surface area (Å²) < 4.78 is 38.7. The van der Waals surface area contributed by atoms with Crippen LogP contribution in [0.5, 0.6) is 0 Å². The van der Waals surface area contributed by atoms with Gasteiger partial charge in [0.25, 0.3) is 0 Å². The first-order chi connectivity index (χ1) is 8.36. The second-order valence-corrected chi connectivity index (χ2v) is 6.01. The molecular weight excluding hydrogens is 281 g/mol. The van der Waals surface area contributed by atoms with E-state index in [9.17, 15) is 17.9 Å². The summed E-state index contributed by atoms with van der Waals surface area (Å²) in [7, 11) is -3.83. The Labute approximate surface area is 111 Å². The van der Waals surface area contributed by atoms with Crippen LogP contribution in [0.15, 0.2) is 23.1 Å². The van der Waals surface area contributed by atoms with Crippen molar-refractivity contribution in [1.29, 1.82) is 0 Å². The molecule has 0 aliphatic carbocycles. The van der Waals surface area contributed by atoms with Crippen LogP contribution in [0.1, 0.15) is 19.8 Å². The molecule has 0 amide bonds. The molecule has 0 heterocycles. The first-order valence-corrected chi connectivity index (χ1v) is 7.35. The molecule has 102 valence electrons. The van der Waals surface area contributed by atoms with E-state index in [4.69, 9.17) is 11.6 Å². The Bertz CT molecular complexity index is 507. The second-order valence-electron chi connectivity index (χ2n) is 3.87. The summed E-state index contributed by atoms with van der Waals surface area (Å²) in [5.41, 5.74) is 0. The van der Waals surface area contributed by atoms with Gasteiger partial charge in [0, 0.05) is 6.54 Å². The van der Waals surface area contributed by atoms with Crippen LogP contribution in [0, 0.1) is 5.82 Å². The molecule has 7 heteroatoms. The Morgan fingerprint density at radius 3 is 2.72 bits per heavy atom. The van der Waals surface area contributed by atoms with E-state index in [0.29, 0.717) is 6.42 Å². The summed E-state index contributed by atoms with van der Waals surface area (Å²) in [6.07, 6.45) is 0.504. The second kappa shape index (κ2) is 6.47. The zero-order chi connectivity index (χ0) is 13.8. The van der Waals surface area contributed by atoms with Crippen molar-refractivity contribution in [2.75, 3.05) is 6.54 Å². The van der Waals surface area contributed by atoms with Gasteiger partial charge in [-0.05, 0) is 24.6 Å². The number of aliphatic hydroxyl groups is 1. The molecule has 1 unspecified atom stereocenters. The summed E-state index contributed by atoms with van der Waals surface area (Å²) in [6, 6.07) is 3.04. The van der Waals surface area contributed by atoms with Gasteiger partial charge in [0.2, 0.25) is 10.0 Å². The van der Waals surface area contributed by atoms with Crippen LogP contribution in [0.25, 0.3) is 0 Å². The standard InChI is InChI=1S/C11H15ClFNO3S/c1-2-3-9(15)7-14-18(16,17)11-5-4-8(13)6-10(11)12/h4-6,9,14-15H,2-3,7H2,1H3. The van der Waals surface area contributed by atoms with Gasteiger partial charge in [-0.25, -0.2) is 17.5 Å². The fourth-order valence-corrected chi connectivity index (χ4v) is 3.01. The van der Waals surface area contributed by atoms with E-state index >= 15 is 0 Å². The molecule has 18 heavy (non-hydrogen) atoms. The number of sulfonamides is 1. The number of hydrogen-bond donors (Lipinski definition) is 2. The Morgan fingerprint density at radius 1 is 1.50 bits per heavy atom. The molecule has 1 rings (SSSR count). The molecule has 0 bridgehead atoms. The molecule has 0 radical (unpaired) electrons. The lowest BCUT2D eigenvalue weighted by Gasteiger charge is -2.12. The normalized spacial score (nSPS) is 13.6. The predicted octanol–water partition coefficient (Wildman–Crippen LogP) is 1.92. The van der Waals surface area contributed by atoms with E-state index in [1.165, 1.54) is 0 Å². The lowest BCUT2D eigenvalue weighted by Crippen LogP contribution is -2.32. The van der Waals surface area contributed by atoms with E-state index < -0.39 is 21.9 Å². The van der Waals surface area contributed by atoms with E-state index in [2.05, 4.69) is 4.72 Å². The van der Waals surface area contributed by atoms with Crippen LogP contribution in [0.2, 0.25) is 5.02 Å². The van der Waals surface area contributed by atoms with Crippen molar-refractivity contribution in [2.45, 2.75) is 30.8 Å². The molecular formula is C11H15ClFNO3S. The number of aliphatic hydroxyl groups excluding tert-OH is 1.